The molecule has 0 amide bonds. The Bertz CT molecular complexity index is 365. The molecule has 2 nitrogen and oxygen atoms in total. The van der Waals surface area contributed by atoms with Gasteiger partial charge < -0.3 is 10.5 Å². The monoisotopic (exact) mass is 247 g/mol. The highest BCUT2D eigenvalue weighted by molar-refractivity contribution is 5.26. The van der Waals surface area contributed by atoms with Crippen LogP contribution in [0.4, 0.5) is 13.2 Å². The Balaban J connectivity index is 2.79. The normalized spacial score (nSPS) is 15.6. The summed E-state index contributed by atoms with van der Waals surface area (Å²) in [7, 11) is 1.52. The Morgan fingerprint density at radius 2 is 2.00 bits per heavy atom. The molecule has 1 rings (SSSR count). The van der Waals surface area contributed by atoms with Crippen molar-refractivity contribution in [1.82, 2.24) is 0 Å². The molecule has 2 atom stereocenters. The molecular weight excluding hydrogens is 231 g/mol. The van der Waals surface area contributed by atoms with Gasteiger partial charge in [0.05, 0.1) is 11.7 Å². The fourth-order valence-electron chi connectivity index (χ4n) is 1.49. The second kappa shape index (κ2) is 5.51. The number of alkyl halides is 3. The van der Waals surface area contributed by atoms with Gasteiger partial charge in [-0.15, -0.1) is 0 Å². The predicted molar refractivity (Wildman–Crippen MR) is 59.6 cm³/mol. The van der Waals surface area contributed by atoms with Crippen molar-refractivity contribution in [2.24, 2.45) is 5.73 Å². The third kappa shape index (κ3) is 4.02. The first kappa shape index (κ1) is 14.0. The molecule has 1 aromatic rings. The number of methoxy groups -OCH3 is 1. The van der Waals surface area contributed by atoms with E-state index in [0.717, 1.165) is 12.1 Å². The number of hydrogen-bond donors (Lipinski definition) is 1. The van der Waals surface area contributed by atoms with Gasteiger partial charge in [-0.05, 0) is 25.0 Å². The summed E-state index contributed by atoms with van der Waals surface area (Å²) in [6, 6.07) is 4.89. The van der Waals surface area contributed by atoms with Crippen LogP contribution in [0.15, 0.2) is 24.3 Å². The number of hydrogen-bond acceptors (Lipinski definition) is 2. The van der Waals surface area contributed by atoms with Crippen LogP contribution in [0.25, 0.3) is 0 Å². The van der Waals surface area contributed by atoms with Crippen molar-refractivity contribution in [2.75, 3.05) is 7.11 Å². The van der Waals surface area contributed by atoms with Gasteiger partial charge >= 0.3 is 6.18 Å². The van der Waals surface area contributed by atoms with Crippen LogP contribution in [0.3, 0.4) is 0 Å². The molecule has 0 fully saturated rings. The Hall–Kier alpha value is -1.07. The number of rotatable bonds is 4. The van der Waals surface area contributed by atoms with E-state index >= 15 is 0 Å². The Labute approximate surface area is 98.6 Å². The van der Waals surface area contributed by atoms with Gasteiger partial charge in [-0.3, -0.25) is 0 Å². The summed E-state index contributed by atoms with van der Waals surface area (Å²) in [6.45, 7) is 1.79. The van der Waals surface area contributed by atoms with Crippen LogP contribution in [0.5, 0.6) is 0 Å². The average Bonchev–Trinajstić information content (AvgIpc) is 2.27. The molecule has 0 bridgehead atoms. The zero-order chi connectivity index (χ0) is 13.1. The van der Waals surface area contributed by atoms with Crippen LogP contribution < -0.4 is 5.73 Å². The molecule has 0 heterocycles. The first-order chi connectivity index (χ1) is 7.84. The third-order valence-electron chi connectivity index (χ3n) is 2.70. The predicted octanol–water partition coefficient (Wildman–Crippen LogP) is 2.61. The maximum absolute atomic E-state index is 12.5. The molecule has 2 unspecified atom stereocenters. The number of nitrogens with two attached hydrogens (primary N) is 1. The summed E-state index contributed by atoms with van der Waals surface area (Å²) >= 11 is 0. The van der Waals surface area contributed by atoms with Crippen molar-refractivity contribution in [3.8, 4) is 0 Å². The zero-order valence-corrected chi connectivity index (χ0v) is 9.79. The van der Waals surface area contributed by atoms with E-state index < -0.39 is 11.7 Å². The molecule has 1 aromatic carbocycles. The molecular formula is C12H16F3NO. The van der Waals surface area contributed by atoms with Gasteiger partial charge in [0.2, 0.25) is 0 Å². The van der Waals surface area contributed by atoms with E-state index in [1.165, 1.54) is 13.2 Å². The Morgan fingerprint density at radius 3 is 2.53 bits per heavy atom. The summed E-state index contributed by atoms with van der Waals surface area (Å²) in [6.07, 6.45) is -4.14. The first-order valence-corrected chi connectivity index (χ1v) is 5.29. The van der Waals surface area contributed by atoms with Gasteiger partial charge in [0.15, 0.2) is 0 Å². The molecule has 5 heteroatoms. The molecule has 0 aliphatic rings. The molecule has 0 saturated carbocycles. The lowest BCUT2D eigenvalue weighted by Crippen LogP contribution is -2.35. The number of halogens is 3. The van der Waals surface area contributed by atoms with Crippen LogP contribution in [0.1, 0.15) is 18.1 Å². The maximum Gasteiger partial charge on any atom is 0.416 e. The maximum atomic E-state index is 12.5. The molecule has 0 spiro atoms. The van der Waals surface area contributed by atoms with E-state index in [1.807, 2.05) is 0 Å². The van der Waals surface area contributed by atoms with Crippen molar-refractivity contribution >= 4 is 0 Å². The lowest BCUT2D eigenvalue weighted by molar-refractivity contribution is -0.137. The first-order valence-electron chi connectivity index (χ1n) is 5.29. The summed E-state index contributed by atoms with van der Waals surface area (Å²) in [5, 5.41) is 0. The van der Waals surface area contributed by atoms with Gasteiger partial charge in [0, 0.05) is 13.2 Å². The van der Waals surface area contributed by atoms with Crippen molar-refractivity contribution < 1.29 is 17.9 Å². The number of ether oxygens (including phenoxy) is 1. The largest absolute Gasteiger partial charge is 0.416 e. The van der Waals surface area contributed by atoms with Gasteiger partial charge in [-0.25, -0.2) is 0 Å². The Morgan fingerprint density at radius 1 is 1.35 bits per heavy atom. The van der Waals surface area contributed by atoms with Crippen LogP contribution >= 0.6 is 0 Å². The molecule has 0 aliphatic carbocycles. The smallest absolute Gasteiger partial charge is 0.380 e. The van der Waals surface area contributed by atoms with Crippen LogP contribution in [0, 0.1) is 0 Å². The van der Waals surface area contributed by atoms with E-state index in [1.54, 1.807) is 13.0 Å². The zero-order valence-electron chi connectivity index (χ0n) is 9.79. The summed E-state index contributed by atoms with van der Waals surface area (Å²) in [5.74, 6) is 0. The minimum absolute atomic E-state index is 0.190. The van der Waals surface area contributed by atoms with E-state index in [2.05, 4.69) is 0 Å². The fourth-order valence-corrected chi connectivity index (χ4v) is 1.49. The molecule has 0 radical (unpaired) electrons. The van der Waals surface area contributed by atoms with Crippen molar-refractivity contribution in [2.45, 2.75) is 31.7 Å². The highest BCUT2D eigenvalue weighted by Crippen LogP contribution is 2.29. The standard InChI is InChI=1S/C12H16F3NO/c1-8(17-2)11(16)7-9-4-3-5-10(6-9)12(13,14)15/h3-6,8,11H,7,16H2,1-2H3. The second-order valence-electron chi connectivity index (χ2n) is 4.01. The van der Waals surface area contributed by atoms with E-state index in [0.29, 0.717) is 12.0 Å². The lowest BCUT2D eigenvalue weighted by Gasteiger charge is -2.18. The molecule has 96 valence electrons. The quantitative estimate of drug-likeness (QED) is 0.887. The third-order valence-corrected chi connectivity index (χ3v) is 2.70. The highest BCUT2D eigenvalue weighted by Gasteiger charge is 2.30. The van der Waals surface area contributed by atoms with Crippen molar-refractivity contribution in [3.05, 3.63) is 35.4 Å². The number of benzene rings is 1. The molecule has 17 heavy (non-hydrogen) atoms. The van der Waals surface area contributed by atoms with E-state index in [-0.39, 0.29) is 12.1 Å². The van der Waals surface area contributed by atoms with Crippen molar-refractivity contribution in [1.29, 1.82) is 0 Å². The van der Waals surface area contributed by atoms with Crippen LogP contribution in [-0.2, 0) is 17.3 Å². The minimum atomic E-state index is -4.31. The van der Waals surface area contributed by atoms with Gasteiger partial charge in [-0.1, -0.05) is 18.2 Å². The fraction of sp³-hybridized carbons (Fsp3) is 0.500. The summed E-state index contributed by atoms with van der Waals surface area (Å²) in [5.41, 5.74) is 5.73. The molecule has 0 saturated heterocycles. The Kier molecular flexibility index (Phi) is 4.54. The average molecular weight is 247 g/mol. The molecule has 0 aromatic heterocycles. The minimum Gasteiger partial charge on any atom is -0.380 e. The second-order valence-corrected chi connectivity index (χ2v) is 4.01. The van der Waals surface area contributed by atoms with Crippen LogP contribution in [0.2, 0.25) is 0 Å². The summed E-state index contributed by atoms with van der Waals surface area (Å²) in [4.78, 5) is 0. The lowest BCUT2D eigenvalue weighted by atomic mass is 10.0. The van der Waals surface area contributed by atoms with E-state index in [4.69, 9.17) is 10.5 Å². The van der Waals surface area contributed by atoms with Gasteiger partial charge in [-0.2, -0.15) is 13.2 Å². The van der Waals surface area contributed by atoms with E-state index in [9.17, 15) is 13.2 Å². The van der Waals surface area contributed by atoms with Gasteiger partial charge in [0.1, 0.15) is 0 Å². The van der Waals surface area contributed by atoms with Crippen LogP contribution in [-0.4, -0.2) is 19.3 Å². The highest BCUT2D eigenvalue weighted by atomic mass is 19.4. The van der Waals surface area contributed by atoms with Gasteiger partial charge in [0.25, 0.3) is 0 Å². The summed E-state index contributed by atoms with van der Waals surface area (Å²) < 4.78 is 42.5. The molecule has 2 N–H and O–H groups in total. The van der Waals surface area contributed by atoms with Crippen molar-refractivity contribution in [3.63, 3.8) is 0 Å². The molecule has 0 aliphatic heterocycles. The topological polar surface area (TPSA) is 35.2 Å². The SMILES string of the molecule is COC(C)C(N)Cc1cccc(C(F)(F)F)c1.